The van der Waals surface area contributed by atoms with Crippen molar-refractivity contribution < 1.29 is 14.6 Å². The largest absolute Gasteiger partial charge is 0.492 e. The molecule has 1 aliphatic heterocycles. The first-order valence-electron chi connectivity index (χ1n) is 10.0. The van der Waals surface area contributed by atoms with E-state index < -0.39 is 6.09 Å². The van der Waals surface area contributed by atoms with Crippen molar-refractivity contribution in [3.05, 3.63) is 53.6 Å². The lowest BCUT2D eigenvalue weighted by atomic mass is 10.2. The van der Waals surface area contributed by atoms with Gasteiger partial charge in [0, 0.05) is 43.4 Å². The average molecular weight is 418 g/mol. The molecule has 0 saturated carbocycles. The quantitative estimate of drug-likeness (QED) is 0.688. The molecule has 1 saturated heterocycles. The summed E-state index contributed by atoms with van der Waals surface area (Å²) in [6.45, 7) is 7.55. The molecule has 2 aromatic rings. The molecular weight excluding hydrogens is 390 g/mol. The van der Waals surface area contributed by atoms with Crippen LogP contribution in [0.5, 0.6) is 5.75 Å². The number of halogens is 1. The number of hydrogen-bond donors (Lipinski definition) is 1. The summed E-state index contributed by atoms with van der Waals surface area (Å²) in [6.07, 6.45) is -0.182. The molecule has 0 bridgehead atoms. The molecule has 1 N–H and O–H groups in total. The van der Waals surface area contributed by atoms with E-state index in [0.717, 1.165) is 44.2 Å². The molecule has 156 valence electrons. The van der Waals surface area contributed by atoms with Crippen LogP contribution in [0, 0.1) is 0 Å². The Morgan fingerprint density at radius 2 is 1.79 bits per heavy atom. The third-order valence-electron chi connectivity index (χ3n) is 5.11. The molecular formula is C22H28ClN3O3. The first-order chi connectivity index (χ1) is 14.1. The van der Waals surface area contributed by atoms with E-state index in [0.29, 0.717) is 24.6 Å². The molecule has 6 nitrogen and oxygen atoms in total. The van der Waals surface area contributed by atoms with Crippen molar-refractivity contribution in [2.24, 2.45) is 0 Å². The maximum absolute atomic E-state index is 11.8. The van der Waals surface area contributed by atoms with Crippen LogP contribution in [0.2, 0.25) is 5.02 Å². The summed E-state index contributed by atoms with van der Waals surface area (Å²) in [7, 11) is 0. The second-order valence-electron chi connectivity index (χ2n) is 6.99. The Morgan fingerprint density at radius 1 is 1.10 bits per heavy atom. The number of nitrogens with zero attached hydrogens (tertiary/aromatic N) is 3. The van der Waals surface area contributed by atoms with Crippen molar-refractivity contribution in [1.82, 2.24) is 4.90 Å². The minimum absolute atomic E-state index is 0.441. The minimum Gasteiger partial charge on any atom is -0.492 e. The molecule has 2 aromatic carbocycles. The van der Waals surface area contributed by atoms with E-state index in [1.54, 1.807) is 6.07 Å². The van der Waals surface area contributed by atoms with Crippen molar-refractivity contribution >= 4 is 29.1 Å². The highest BCUT2D eigenvalue weighted by atomic mass is 35.5. The number of piperazine rings is 1. The van der Waals surface area contributed by atoms with E-state index in [-0.39, 0.29) is 0 Å². The van der Waals surface area contributed by atoms with E-state index in [2.05, 4.69) is 21.9 Å². The third kappa shape index (κ3) is 5.78. The second-order valence-corrected chi connectivity index (χ2v) is 7.43. The van der Waals surface area contributed by atoms with Crippen LogP contribution in [0.4, 0.5) is 16.2 Å². The van der Waals surface area contributed by atoms with Crippen molar-refractivity contribution in [2.45, 2.75) is 13.3 Å². The van der Waals surface area contributed by atoms with Gasteiger partial charge in [0.1, 0.15) is 5.75 Å². The van der Waals surface area contributed by atoms with Gasteiger partial charge >= 0.3 is 6.09 Å². The van der Waals surface area contributed by atoms with Crippen LogP contribution < -0.4 is 14.5 Å². The molecule has 1 aliphatic rings. The number of benzene rings is 2. The molecule has 0 aliphatic carbocycles. The molecule has 0 unspecified atom stereocenters. The Morgan fingerprint density at radius 3 is 2.45 bits per heavy atom. The molecule has 1 heterocycles. The zero-order valence-electron chi connectivity index (χ0n) is 16.8. The maximum atomic E-state index is 11.8. The molecule has 0 radical (unpaired) electrons. The summed E-state index contributed by atoms with van der Waals surface area (Å²) in [5, 5.41) is 10.4. The Bertz CT molecular complexity index is 792. The van der Waals surface area contributed by atoms with Crippen LogP contribution in [0.1, 0.15) is 13.3 Å². The first-order valence-corrected chi connectivity index (χ1v) is 10.4. The first kappa shape index (κ1) is 21.3. The third-order valence-corrected chi connectivity index (χ3v) is 5.36. The van der Waals surface area contributed by atoms with Crippen LogP contribution in [-0.4, -0.2) is 62.0 Å². The number of para-hydroxylation sites is 2. The van der Waals surface area contributed by atoms with Crippen LogP contribution in [0.15, 0.2) is 48.5 Å². The number of carboxylic acid groups (broad SMARTS) is 1. The number of amides is 1. The molecule has 0 aromatic heterocycles. The zero-order valence-corrected chi connectivity index (χ0v) is 17.5. The van der Waals surface area contributed by atoms with Gasteiger partial charge in [0.15, 0.2) is 0 Å². The van der Waals surface area contributed by atoms with Crippen molar-refractivity contribution in [3.8, 4) is 5.75 Å². The number of ether oxygens (including phenoxy) is 1. The van der Waals surface area contributed by atoms with Crippen LogP contribution in [0.3, 0.4) is 0 Å². The molecule has 29 heavy (non-hydrogen) atoms. The fourth-order valence-electron chi connectivity index (χ4n) is 3.61. The summed E-state index contributed by atoms with van der Waals surface area (Å²) >= 11 is 5.97. The number of hydrogen-bond acceptors (Lipinski definition) is 4. The van der Waals surface area contributed by atoms with Gasteiger partial charge in [0.2, 0.25) is 0 Å². The summed E-state index contributed by atoms with van der Waals surface area (Å²) < 4.78 is 5.60. The molecule has 3 rings (SSSR count). The Kier molecular flexibility index (Phi) is 7.61. The smallest absolute Gasteiger partial charge is 0.411 e. The molecule has 1 fully saturated rings. The van der Waals surface area contributed by atoms with Crippen LogP contribution >= 0.6 is 11.6 Å². The number of anilines is 2. The Labute approximate surface area is 177 Å². The molecule has 0 atom stereocenters. The van der Waals surface area contributed by atoms with E-state index in [4.69, 9.17) is 16.3 Å². The second kappa shape index (κ2) is 10.4. The Balaban J connectivity index is 1.50. The minimum atomic E-state index is -0.954. The fourth-order valence-corrected chi connectivity index (χ4v) is 3.74. The van der Waals surface area contributed by atoms with Gasteiger partial charge in [-0.25, -0.2) is 4.79 Å². The van der Waals surface area contributed by atoms with E-state index in [1.165, 1.54) is 10.6 Å². The van der Waals surface area contributed by atoms with Gasteiger partial charge in [-0.2, -0.15) is 0 Å². The van der Waals surface area contributed by atoms with Gasteiger partial charge in [-0.1, -0.05) is 23.7 Å². The SMILES string of the molecule is CCOc1ccccc1N(CCCN1CCN(c2ccc(Cl)cc2)CC1)C(=O)O. The van der Waals surface area contributed by atoms with E-state index in [9.17, 15) is 9.90 Å². The normalized spacial score (nSPS) is 14.6. The predicted molar refractivity (Wildman–Crippen MR) is 118 cm³/mol. The highest BCUT2D eigenvalue weighted by Crippen LogP contribution is 2.28. The van der Waals surface area contributed by atoms with Gasteiger partial charge in [0.05, 0.1) is 12.3 Å². The van der Waals surface area contributed by atoms with Gasteiger partial charge in [-0.3, -0.25) is 9.80 Å². The van der Waals surface area contributed by atoms with Crippen LogP contribution in [-0.2, 0) is 0 Å². The number of carbonyl (C=O) groups is 1. The maximum Gasteiger partial charge on any atom is 0.411 e. The lowest BCUT2D eigenvalue weighted by Crippen LogP contribution is -2.47. The van der Waals surface area contributed by atoms with Crippen molar-refractivity contribution in [3.63, 3.8) is 0 Å². The van der Waals surface area contributed by atoms with Gasteiger partial charge in [0.25, 0.3) is 0 Å². The fraction of sp³-hybridized carbons (Fsp3) is 0.409. The topological polar surface area (TPSA) is 56.2 Å². The predicted octanol–water partition coefficient (Wildman–Crippen LogP) is 4.44. The van der Waals surface area contributed by atoms with Gasteiger partial charge in [-0.15, -0.1) is 0 Å². The lowest BCUT2D eigenvalue weighted by Gasteiger charge is -2.36. The summed E-state index contributed by atoms with van der Waals surface area (Å²) in [4.78, 5) is 17.9. The van der Waals surface area contributed by atoms with E-state index in [1.807, 2.05) is 37.3 Å². The lowest BCUT2D eigenvalue weighted by molar-refractivity contribution is 0.200. The number of rotatable bonds is 8. The van der Waals surface area contributed by atoms with Crippen LogP contribution in [0.25, 0.3) is 0 Å². The van der Waals surface area contributed by atoms with E-state index >= 15 is 0 Å². The standard InChI is InChI=1S/C22H28ClN3O3/c1-2-29-21-7-4-3-6-20(21)26(22(27)28)13-5-12-24-14-16-25(17-15-24)19-10-8-18(23)9-11-19/h3-4,6-11H,2,5,12-17H2,1H3,(H,27,28). The molecule has 0 spiro atoms. The molecule has 1 amide bonds. The van der Waals surface area contributed by atoms with Crippen molar-refractivity contribution in [1.29, 1.82) is 0 Å². The van der Waals surface area contributed by atoms with Crippen molar-refractivity contribution in [2.75, 3.05) is 55.7 Å². The van der Waals surface area contributed by atoms with Gasteiger partial charge < -0.3 is 14.7 Å². The summed E-state index contributed by atoms with van der Waals surface area (Å²) in [5.41, 5.74) is 1.80. The monoisotopic (exact) mass is 417 g/mol. The Hall–Kier alpha value is -2.44. The summed E-state index contributed by atoms with van der Waals surface area (Å²) in [6, 6.07) is 15.2. The summed E-state index contributed by atoms with van der Waals surface area (Å²) in [5.74, 6) is 0.606. The highest BCUT2D eigenvalue weighted by Gasteiger charge is 2.20. The molecule has 7 heteroatoms. The van der Waals surface area contributed by atoms with Gasteiger partial charge in [-0.05, 0) is 56.3 Å². The highest BCUT2D eigenvalue weighted by molar-refractivity contribution is 6.30. The average Bonchev–Trinajstić information content (AvgIpc) is 2.73. The zero-order chi connectivity index (χ0) is 20.6.